The van der Waals surface area contributed by atoms with Crippen LogP contribution in [0.5, 0.6) is 0 Å². The summed E-state index contributed by atoms with van der Waals surface area (Å²) in [5, 5.41) is 8.89. The van der Waals surface area contributed by atoms with Crippen molar-refractivity contribution in [1.82, 2.24) is 9.88 Å². The van der Waals surface area contributed by atoms with Crippen LogP contribution in [0.1, 0.15) is 18.4 Å². The second-order valence-corrected chi connectivity index (χ2v) is 4.97. The molecular formula is C14H18N2O3. The minimum absolute atomic E-state index is 0.374. The maximum atomic E-state index is 10.8. The fourth-order valence-corrected chi connectivity index (χ4v) is 2.10. The molecule has 0 saturated carbocycles. The monoisotopic (exact) mass is 262 g/mol. The summed E-state index contributed by atoms with van der Waals surface area (Å²) in [4.78, 5) is 17.1. The molecule has 1 heterocycles. The number of carboxylic acid groups (broad SMARTS) is 1. The highest BCUT2D eigenvalue weighted by molar-refractivity contribution is 5.73. The second kappa shape index (κ2) is 5.40. The molecule has 2 rings (SSSR count). The summed E-state index contributed by atoms with van der Waals surface area (Å²) in [6.07, 6.45) is 0. The van der Waals surface area contributed by atoms with Crippen LogP contribution in [0.25, 0.3) is 11.1 Å². The highest BCUT2D eigenvalue weighted by Gasteiger charge is 2.14. The van der Waals surface area contributed by atoms with Gasteiger partial charge in [0, 0.05) is 20.0 Å². The van der Waals surface area contributed by atoms with E-state index in [1.165, 1.54) is 0 Å². The Labute approximate surface area is 111 Å². The first-order valence-electron chi connectivity index (χ1n) is 6.23. The summed E-state index contributed by atoms with van der Waals surface area (Å²) in [6, 6.07) is 5.87. The molecule has 5 heteroatoms. The Kier molecular flexibility index (Phi) is 3.85. The van der Waals surface area contributed by atoms with Crippen molar-refractivity contribution >= 4 is 17.1 Å². The number of aromatic nitrogens is 1. The lowest BCUT2D eigenvalue weighted by atomic mass is 10.1. The average molecular weight is 262 g/mol. The number of rotatable bonds is 5. The minimum Gasteiger partial charge on any atom is -0.481 e. The molecule has 2 aromatic rings. The zero-order chi connectivity index (χ0) is 14.0. The smallest absolute Gasteiger partial charge is 0.307 e. The van der Waals surface area contributed by atoms with Crippen molar-refractivity contribution in [2.75, 3.05) is 13.6 Å². The van der Waals surface area contributed by atoms with Crippen LogP contribution in [-0.4, -0.2) is 34.6 Å². The van der Waals surface area contributed by atoms with Gasteiger partial charge in [-0.3, -0.25) is 4.79 Å². The molecule has 102 valence electrons. The highest BCUT2D eigenvalue weighted by atomic mass is 16.4. The van der Waals surface area contributed by atoms with Gasteiger partial charge in [-0.25, -0.2) is 4.98 Å². The number of nitrogens with zero attached hydrogens (tertiary/aromatic N) is 2. The van der Waals surface area contributed by atoms with Gasteiger partial charge in [-0.1, -0.05) is 13.0 Å². The average Bonchev–Trinajstić information content (AvgIpc) is 2.68. The van der Waals surface area contributed by atoms with Crippen molar-refractivity contribution < 1.29 is 14.3 Å². The maximum Gasteiger partial charge on any atom is 0.307 e. The predicted octanol–water partition coefficient (Wildman–Crippen LogP) is 2.29. The van der Waals surface area contributed by atoms with Crippen molar-refractivity contribution in [3.05, 3.63) is 29.7 Å². The van der Waals surface area contributed by atoms with Gasteiger partial charge in [-0.2, -0.15) is 0 Å². The molecule has 1 aromatic heterocycles. The number of fused-ring (bicyclic) bond motifs is 1. The molecular weight excluding hydrogens is 244 g/mol. The van der Waals surface area contributed by atoms with Crippen molar-refractivity contribution in [1.29, 1.82) is 0 Å². The molecule has 0 aliphatic carbocycles. The van der Waals surface area contributed by atoms with Gasteiger partial charge in [0.15, 0.2) is 11.5 Å². The summed E-state index contributed by atoms with van der Waals surface area (Å²) in [5.41, 5.74) is 2.71. The number of carbonyl (C=O) groups is 1. The molecule has 0 aliphatic heterocycles. The first-order chi connectivity index (χ1) is 8.95. The number of hydrogen-bond donors (Lipinski definition) is 1. The van der Waals surface area contributed by atoms with Crippen LogP contribution < -0.4 is 0 Å². The van der Waals surface area contributed by atoms with E-state index in [0.717, 1.165) is 16.7 Å². The molecule has 0 amide bonds. The normalized spacial score (nSPS) is 13.1. The molecule has 0 aliphatic rings. The van der Waals surface area contributed by atoms with E-state index in [-0.39, 0.29) is 5.92 Å². The van der Waals surface area contributed by atoms with Gasteiger partial charge in [-0.05, 0) is 24.7 Å². The third-order valence-corrected chi connectivity index (χ3v) is 3.02. The number of benzene rings is 1. The Morgan fingerprint density at radius 3 is 2.95 bits per heavy atom. The van der Waals surface area contributed by atoms with E-state index in [4.69, 9.17) is 9.52 Å². The lowest BCUT2D eigenvalue weighted by Crippen LogP contribution is -2.28. The van der Waals surface area contributed by atoms with E-state index >= 15 is 0 Å². The first kappa shape index (κ1) is 13.5. The van der Waals surface area contributed by atoms with Crippen molar-refractivity contribution in [2.24, 2.45) is 5.92 Å². The summed E-state index contributed by atoms with van der Waals surface area (Å²) >= 11 is 0. The zero-order valence-electron chi connectivity index (χ0n) is 11.4. The lowest BCUT2D eigenvalue weighted by Gasteiger charge is -2.18. The molecule has 0 fully saturated rings. The van der Waals surface area contributed by atoms with E-state index < -0.39 is 5.97 Å². The summed E-state index contributed by atoms with van der Waals surface area (Å²) in [6.45, 7) is 4.73. The Bertz CT molecular complexity index is 591. The van der Waals surface area contributed by atoms with Crippen LogP contribution in [0, 0.1) is 12.8 Å². The van der Waals surface area contributed by atoms with Gasteiger partial charge in [0.1, 0.15) is 5.52 Å². The molecule has 5 nitrogen and oxygen atoms in total. The highest BCUT2D eigenvalue weighted by Crippen LogP contribution is 2.17. The zero-order valence-corrected chi connectivity index (χ0v) is 11.4. The molecule has 1 N–H and O–H groups in total. The van der Waals surface area contributed by atoms with Gasteiger partial charge in [0.25, 0.3) is 0 Å². The third kappa shape index (κ3) is 3.32. The number of oxazole rings is 1. The lowest BCUT2D eigenvalue weighted by molar-refractivity contribution is -0.141. The van der Waals surface area contributed by atoms with E-state index in [9.17, 15) is 4.79 Å². The number of aryl methyl sites for hydroxylation is 1. The molecule has 1 unspecified atom stereocenters. The Hall–Kier alpha value is -1.88. The Balaban J connectivity index is 2.06. The van der Waals surface area contributed by atoms with E-state index in [2.05, 4.69) is 4.98 Å². The van der Waals surface area contributed by atoms with Gasteiger partial charge in [-0.15, -0.1) is 0 Å². The van der Waals surface area contributed by atoms with E-state index in [1.807, 2.05) is 37.1 Å². The number of hydrogen-bond acceptors (Lipinski definition) is 4. The minimum atomic E-state index is -0.770. The van der Waals surface area contributed by atoms with Crippen LogP contribution in [0.15, 0.2) is 22.6 Å². The largest absolute Gasteiger partial charge is 0.481 e. The third-order valence-electron chi connectivity index (χ3n) is 3.02. The van der Waals surface area contributed by atoms with Crippen molar-refractivity contribution in [3.8, 4) is 0 Å². The van der Waals surface area contributed by atoms with E-state index in [1.54, 1.807) is 6.92 Å². The van der Waals surface area contributed by atoms with Crippen molar-refractivity contribution in [2.45, 2.75) is 20.4 Å². The number of carboxylic acids is 1. The summed E-state index contributed by atoms with van der Waals surface area (Å²) in [5.74, 6) is -0.491. The standard InChI is InChI=1S/C14H18N2O3/c1-9(14(17)18)7-16(3)8-11-4-5-12-13(6-11)19-10(2)15-12/h4-6,9H,7-8H2,1-3H3,(H,17,18). The second-order valence-electron chi connectivity index (χ2n) is 4.97. The molecule has 1 atom stereocenters. The van der Waals surface area contributed by atoms with Crippen molar-refractivity contribution in [3.63, 3.8) is 0 Å². The molecule has 0 saturated heterocycles. The first-order valence-corrected chi connectivity index (χ1v) is 6.23. The van der Waals surface area contributed by atoms with Crippen LogP contribution in [0.4, 0.5) is 0 Å². The molecule has 1 aromatic carbocycles. The molecule has 19 heavy (non-hydrogen) atoms. The van der Waals surface area contributed by atoms with Crippen LogP contribution in [0.3, 0.4) is 0 Å². The molecule has 0 spiro atoms. The predicted molar refractivity (Wildman–Crippen MR) is 71.9 cm³/mol. The summed E-state index contributed by atoms with van der Waals surface area (Å²) in [7, 11) is 1.91. The maximum absolute atomic E-state index is 10.8. The van der Waals surface area contributed by atoms with Crippen LogP contribution >= 0.6 is 0 Å². The topological polar surface area (TPSA) is 66.6 Å². The SMILES string of the molecule is Cc1nc2ccc(CN(C)CC(C)C(=O)O)cc2o1. The Morgan fingerprint density at radius 1 is 1.53 bits per heavy atom. The van der Waals surface area contributed by atoms with Crippen LogP contribution in [-0.2, 0) is 11.3 Å². The number of aliphatic carboxylic acids is 1. The molecule has 0 bridgehead atoms. The van der Waals surface area contributed by atoms with Gasteiger partial charge < -0.3 is 14.4 Å². The fourth-order valence-electron chi connectivity index (χ4n) is 2.10. The van der Waals surface area contributed by atoms with Gasteiger partial charge >= 0.3 is 5.97 Å². The quantitative estimate of drug-likeness (QED) is 0.895. The fraction of sp³-hybridized carbons (Fsp3) is 0.429. The van der Waals surface area contributed by atoms with Gasteiger partial charge in [0.05, 0.1) is 5.92 Å². The van der Waals surface area contributed by atoms with Gasteiger partial charge in [0.2, 0.25) is 0 Å². The summed E-state index contributed by atoms with van der Waals surface area (Å²) < 4.78 is 5.49. The Morgan fingerprint density at radius 2 is 2.26 bits per heavy atom. The molecule has 0 radical (unpaired) electrons. The van der Waals surface area contributed by atoms with Crippen LogP contribution in [0.2, 0.25) is 0 Å². The van der Waals surface area contributed by atoms with E-state index in [0.29, 0.717) is 19.0 Å².